The normalized spacial score (nSPS) is 12.0. The molecule has 0 radical (unpaired) electrons. The van der Waals surface area contributed by atoms with E-state index >= 15 is 0 Å². The third-order valence-corrected chi connectivity index (χ3v) is 3.81. The molecule has 5 N–H and O–H groups in total. The van der Waals surface area contributed by atoms with Crippen molar-refractivity contribution in [2.24, 2.45) is 4.99 Å². The standard InChI is InChI=1S/C15H16ClN3O6/c16-9-1-3-10(4-2-9)19-13(24)11(12(23)18-14(19)25)5-17-15(6-20,7-21)8-22/h1-5,20-22,24H,6-8H2,(H,18,23,25). The average molecular weight is 370 g/mol. The van der Waals surface area contributed by atoms with Crippen LogP contribution >= 0.6 is 11.6 Å². The van der Waals surface area contributed by atoms with Gasteiger partial charge in [0, 0.05) is 11.2 Å². The summed E-state index contributed by atoms with van der Waals surface area (Å²) in [5, 5.41) is 38.5. The van der Waals surface area contributed by atoms with Crippen molar-refractivity contribution in [1.29, 1.82) is 0 Å². The smallest absolute Gasteiger partial charge is 0.335 e. The molecule has 134 valence electrons. The van der Waals surface area contributed by atoms with Crippen LogP contribution in [0.25, 0.3) is 5.69 Å². The molecule has 0 fully saturated rings. The highest BCUT2D eigenvalue weighted by Gasteiger charge is 2.27. The molecule has 0 bridgehead atoms. The number of hydrogen-bond donors (Lipinski definition) is 5. The van der Waals surface area contributed by atoms with Crippen molar-refractivity contribution in [3.8, 4) is 11.6 Å². The molecule has 9 nitrogen and oxygen atoms in total. The van der Waals surface area contributed by atoms with Crippen LogP contribution in [0.3, 0.4) is 0 Å². The van der Waals surface area contributed by atoms with E-state index in [0.29, 0.717) is 5.02 Å². The van der Waals surface area contributed by atoms with Gasteiger partial charge in [-0.3, -0.25) is 14.8 Å². The fourth-order valence-corrected chi connectivity index (χ4v) is 2.08. The van der Waals surface area contributed by atoms with E-state index in [1.165, 1.54) is 24.3 Å². The van der Waals surface area contributed by atoms with Gasteiger partial charge in [0.25, 0.3) is 5.56 Å². The topological polar surface area (TPSA) is 148 Å². The summed E-state index contributed by atoms with van der Waals surface area (Å²) in [6.07, 6.45) is 0.878. The van der Waals surface area contributed by atoms with Crippen LogP contribution in [0.4, 0.5) is 0 Å². The highest BCUT2D eigenvalue weighted by atomic mass is 35.5. The van der Waals surface area contributed by atoms with Crippen LogP contribution in [0.15, 0.2) is 38.8 Å². The molecule has 1 heterocycles. The number of benzene rings is 1. The molecule has 0 saturated heterocycles. The van der Waals surface area contributed by atoms with E-state index in [-0.39, 0.29) is 11.3 Å². The van der Waals surface area contributed by atoms with Crippen molar-refractivity contribution in [3.05, 3.63) is 55.7 Å². The fraction of sp³-hybridized carbons (Fsp3) is 0.267. The van der Waals surface area contributed by atoms with Gasteiger partial charge in [-0.15, -0.1) is 0 Å². The first kappa shape index (κ1) is 18.9. The quantitative estimate of drug-likeness (QED) is 0.413. The summed E-state index contributed by atoms with van der Waals surface area (Å²) in [5.41, 5.74) is -3.55. The second-order valence-corrected chi connectivity index (χ2v) is 5.70. The van der Waals surface area contributed by atoms with Gasteiger partial charge in [-0.1, -0.05) is 11.6 Å². The summed E-state index contributed by atoms with van der Waals surface area (Å²) >= 11 is 5.78. The van der Waals surface area contributed by atoms with Gasteiger partial charge >= 0.3 is 5.69 Å². The predicted molar refractivity (Wildman–Crippen MR) is 90.9 cm³/mol. The van der Waals surface area contributed by atoms with Gasteiger partial charge in [-0.2, -0.15) is 0 Å². The zero-order valence-corrected chi connectivity index (χ0v) is 13.6. The molecule has 0 aliphatic heterocycles. The molecular formula is C15H16ClN3O6. The Morgan fingerprint density at radius 2 is 1.68 bits per heavy atom. The van der Waals surface area contributed by atoms with Crippen molar-refractivity contribution in [3.63, 3.8) is 0 Å². The Morgan fingerprint density at radius 1 is 1.12 bits per heavy atom. The number of aromatic hydroxyl groups is 1. The number of hydrogen-bond acceptors (Lipinski definition) is 7. The molecule has 0 aliphatic rings. The summed E-state index contributed by atoms with van der Waals surface area (Å²) in [4.78, 5) is 29.8. The number of aromatic amines is 1. The van der Waals surface area contributed by atoms with Crippen LogP contribution in [0.2, 0.25) is 5.02 Å². The van der Waals surface area contributed by atoms with E-state index in [9.17, 15) is 30.0 Å². The van der Waals surface area contributed by atoms with Crippen molar-refractivity contribution in [2.45, 2.75) is 5.54 Å². The molecule has 25 heavy (non-hydrogen) atoms. The van der Waals surface area contributed by atoms with Gasteiger partial charge in [0.05, 0.1) is 25.5 Å². The Bertz CT molecular complexity index is 875. The van der Waals surface area contributed by atoms with E-state index in [1.54, 1.807) is 0 Å². The first-order valence-electron chi connectivity index (χ1n) is 7.09. The van der Waals surface area contributed by atoms with E-state index in [2.05, 4.69) is 4.99 Å². The van der Waals surface area contributed by atoms with Crippen LogP contribution in [-0.4, -0.2) is 61.6 Å². The summed E-state index contributed by atoms with van der Waals surface area (Å²) < 4.78 is 0.831. The number of aromatic nitrogens is 2. The SMILES string of the molecule is O=c1[nH]c(=O)n(-c2ccc(Cl)cc2)c(O)c1C=NC(CO)(CO)CO. The molecule has 0 saturated carbocycles. The van der Waals surface area contributed by atoms with Gasteiger partial charge in [0.1, 0.15) is 11.1 Å². The maximum atomic E-state index is 12.0. The number of H-pyrrole nitrogens is 1. The van der Waals surface area contributed by atoms with Crippen LogP contribution in [0, 0.1) is 0 Å². The van der Waals surface area contributed by atoms with Gasteiger partial charge in [-0.25, -0.2) is 9.36 Å². The van der Waals surface area contributed by atoms with Crippen LogP contribution in [0.1, 0.15) is 5.56 Å². The van der Waals surface area contributed by atoms with Crippen molar-refractivity contribution >= 4 is 17.8 Å². The first-order chi connectivity index (χ1) is 11.9. The van der Waals surface area contributed by atoms with E-state index in [1.807, 2.05) is 4.98 Å². The number of nitrogens with zero attached hydrogens (tertiary/aromatic N) is 2. The minimum Gasteiger partial charge on any atom is -0.493 e. The Kier molecular flexibility index (Phi) is 5.75. The molecule has 0 atom stereocenters. The molecule has 2 aromatic rings. The third kappa shape index (κ3) is 3.80. The lowest BCUT2D eigenvalue weighted by atomic mass is 10.1. The molecular weight excluding hydrogens is 354 g/mol. The predicted octanol–water partition coefficient (Wildman–Crippen LogP) is -0.981. The summed E-state index contributed by atoms with van der Waals surface area (Å²) in [7, 11) is 0. The lowest BCUT2D eigenvalue weighted by Crippen LogP contribution is -2.40. The fourth-order valence-electron chi connectivity index (χ4n) is 1.96. The van der Waals surface area contributed by atoms with Gasteiger partial charge in [0.2, 0.25) is 5.88 Å². The third-order valence-electron chi connectivity index (χ3n) is 3.56. The Hall–Kier alpha value is -2.46. The van der Waals surface area contributed by atoms with Crippen molar-refractivity contribution in [2.75, 3.05) is 19.8 Å². The van der Waals surface area contributed by atoms with Gasteiger partial charge in [0.15, 0.2) is 0 Å². The van der Waals surface area contributed by atoms with E-state index in [4.69, 9.17) is 11.6 Å². The monoisotopic (exact) mass is 369 g/mol. The molecule has 0 aliphatic carbocycles. The number of aliphatic hydroxyl groups excluding tert-OH is 3. The summed E-state index contributed by atoms with van der Waals surface area (Å²) in [5.74, 6) is -0.692. The maximum absolute atomic E-state index is 12.0. The van der Waals surface area contributed by atoms with E-state index in [0.717, 1.165) is 10.8 Å². The zero-order chi connectivity index (χ0) is 18.6. The summed E-state index contributed by atoms with van der Waals surface area (Å²) in [6.45, 7) is -2.07. The largest absolute Gasteiger partial charge is 0.493 e. The van der Waals surface area contributed by atoms with Gasteiger partial charge in [-0.05, 0) is 24.3 Å². The highest BCUT2D eigenvalue weighted by molar-refractivity contribution is 6.30. The van der Waals surface area contributed by atoms with Crippen LogP contribution < -0.4 is 11.2 Å². The van der Waals surface area contributed by atoms with Crippen LogP contribution in [0.5, 0.6) is 5.88 Å². The second kappa shape index (κ2) is 7.62. The first-order valence-corrected chi connectivity index (χ1v) is 7.47. The molecule has 0 spiro atoms. The summed E-state index contributed by atoms with van der Waals surface area (Å²) in [6, 6.07) is 5.91. The number of aliphatic imine (C=N–C) groups is 1. The Balaban J connectivity index is 2.61. The molecule has 1 aromatic carbocycles. The van der Waals surface area contributed by atoms with Crippen molar-refractivity contribution < 1.29 is 20.4 Å². The zero-order valence-electron chi connectivity index (χ0n) is 12.9. The molecule has 1 aromatic heterocycles. The van der Waals surface area contributed by atoms with Gasteiger partial charge < -0.3 is 20.4 Å². The molecule has 2 rings (SSSR count). The maximum Gasteiger partial charge on any atom is 0.335 e. The molecule has 10 heteroatoms. The highest BCUT2D eigenvalue weighted by Crippen LogP contribution is 2.18. The number of nitrogens with one attached hydrogen (secondary N) is 1. The minimum absolute atomic E-state index is 0.246. The molecule has 0 unspecified atom stereocenters. The lowest BCUT2D eigenvalue weighted by Gasteiger charge is -2.22. The minimum atomic E-state index is -1.62. The molecule has 0 amide bonds. The number of aliphatic hydroxyl groups is 3. The van der Waals surface area contributed by atoms with Crippen molar-refractivity contribution in [1.82, 2.24) is 9.55 Å². The average Bonchev–Trinajstić information content (AvgIpc) is 2.60. The van der Waals surface area contributed by atoms with Crippen LogP contribution in [-0.2, 0) is 0 Å². The number of halogens is 1. The van der Waals surface area contributed by atoms with E-state index < -0.39 is 42.5 Å². The Labute approximate surface area is 146 Å². The lowest BCUT2D eigenvalue weighted by molar-refractivity contribution is 0.0718. The number of rotatable bonds is 6. The second-order valence-electron chi connectivity index (χ2n) is 5.27. The Morgan fingerprint density at radius 3 is 2.20 bits per heavy atom.